The Kier molecular flexibility index (Phi) is 6.18. The monoisotopic (exact) mass is 387 g/mol. The van der Waals surface area contributed by atoms with Crippen molar-refractivity contribution in [3.8, 4) is 0 Å². The van der Waals surface area contributed by atoms with E-state index in [-0.39, 0.29) is 39.9 Å². The summed E-state index contributed by atoms with van der Waals surface area (Å²) in [4.78, 5) is 26.7. The first-order valence-corrected chi connectivity index (χ1v) is 13.5. The molecule has 0 bridgehead atoms. The third-order valence-electron chi connectivity index (χ3n) is 5.18. The fourth-order valence-electron chi connectivity index (χ4n) is 3.48. The van der Waals surface area contributed by atoms with Crippen molar-refractivity contribution in [2.45, 2.75) is 59.4 Å². The average molecular weight is 388 g/mol. The number of nitrogens with zero attached hydrogens (tertiary/aromatic N) is 1. The fraction of sp³-hybridized carbons (Fsp3) is 0.750. The van der Waals surface area contributed by atoms with E-state index in [0.29, 0.717) is 5.70 Å². The van der Waals surface area contributed by atoms with Gasteiger partial charge in [0.1, 0.15) is 11.7 Å². The van der Waals surface area contributed by atoms with E-state index in [9.17, 15) is 9.59 Å². The van der Waals surface area contributed by atoms with Crippen molar-refractivity contribution in [1.82, 2.24) is 4.90 Å². The molecule has 0 spiro atoms. The second-order valence-electron chi connectivity index (χ2n) is 7.23. The Morgan fingerprint density at radius 2 is 1.75 bits per heavy atom. The molecule has 0 aromatic carbocycles. The Morgan fingerprint density at radius 3 is 2.21 bits per heavy atom. The molecule has 2 aliphatic rings. The van der Waals surface area contributed by atoms with E-state index >= 15 is 0 Å². The molecule has 1 unspecified atom stereocenters. The van der Waals surface area contributed by atoms with Gasteiger partial charge in [0.05, 0.1) is 11.6 Å². The number of fused-ring (bicyclic) bond motifs is 1. The Bertz CT molecular complexity index is 556. The van der Waals surface area contributed by atoms with Crippen LogP contribution < -0.4 is 0 Å². The molecule has 0 aromatic heterocycles. The van der Waals surface area contributed by atoms with Crippen LogP contribution in [0.3, 0.4) is 0 Å². The lowest BCUT2D eigenvalue weighted by atomic mass is 9.69. The zero-order valence-corrected chi connectivity index (χ0v) is 19.4. The van der Waals surface area contributed by atoms with Gasteiger partial charge >= 0.3 is 0 Å². The van der Waals surface area contributed by atoms with E-state index in [2.05, 4.69) is 33.9 Å². The molecule has 0 radical (unpaired) electrons. The highest BCUT2D eigenvalue weighted by atomic mass is 32.2. The molecule has 1 amide bonds. The molecule has 24 heavy (non-hydrogen) atoms. The summed E-state index contributed by atoms with van der Waals surface area (Å²) < 4.78 is 11.9. The van der Waals surface area contributed by atoms with Gasteiger partial charge in [0.2, 0.25) is 11.0 Å². The lowest BCUT2D eigenvalue weighted by molar-refractivity contribution is -0.162. The van der Waals surface area contributed by atoms with Crippen molar-refractivity contribution in [3.05, 3.63) is 11.3 Å². The standard InChI is InChI=1S/C16H29NO4SSi2/c1-8(2)11-14(19)22-13-10(12(18)17(11)13)9(3)16(4,5)15(20-23-6)21-24-7/h9-10,13,15H,23-24H2,1-7H3/t9?,10-,13-/m1/s1. The van der Waals surface area contributed by atoms with Gasteiger partial charge in [-0.25, -0.2) is 0 Å². The highest BCUT2D eigenvalue weighted by Gasteiger charge is 2.60. The molecular formula is C16H29NO4SSi2. The Morgan fingerprint density at radius 1 is 1.21 bits per heavy atom. The van der Waals surface area contributed by atoms with E-state index in [1.807, 2.05) is 13.8 Å². The van der Waals surface area contributed by atoms with Crippen LogP contribution in [0.5, 0.6) is 0 Å². The minimum Gasteiger partial charge on any atom is -0.400 e. The van der Waals surface area contributed by atoms with E-state index < -0.39 is 19.5 Å². The molecule has 2 fully saturated rings. The lowest BCUT2D eigenvalue weighted by Gasteiger charge is -2.50. The maximum atomic E-state index is 12.8. The molecule has 136 valence electrons. The number of hydrogen-bond acceptors (Lipinski definition) is 5. The highest BCUT2D eigenvalue weighted by molar-refractivity contribution is 8.15. The van der Waals surface area contributed by atoms with Gasteiger partial charge in [-0.1, -0.05) is 45.6 Å². The van der Waals surface area contributed by atoms with Gasteiger partial charge in [-0.15, -0.1) is 0 Å². The minimum atomic E-state index is -0.601. The molecule has 8 heteroatoms. The molecule has 2 aliphatic heterocycles. The van der Waals surface area contributed by atoms with Crippen molar-refractivity contribution in [2.24, 2.45) is 17.3 Å². The first-order chi connectivity index (χ1) is 11.2. The first kappa shape index (κ1) is 19.9. The highest BCUT2D eigenvalue weighted by Crippen LogP contribution is 2.53. The van der Waals surface area contributed by atoms with Crippen LogP contribution in [-0.4, -0.2) is 47.1 Å². The Hall–Kier alpha value is -0.416. The topological polar surface area (TPSA) is 55.8 Å². The van der Waals surface area contributed by atoms with Gasteiger partial charge in [-0.2, -0.15) is 0 Å². The summed E-state index contributed by atoms with van der Waals surface area (Å²) in [6.45, 7) is 14.3. The van der Waals surface area contributed by atoms with E-state index in [0.717, 1.165) is 5.57 Å². The number of carbonyl (C=O) groups excluding carboxylic acids is 2. The molecule has 2 saturated heterocycles. The predicted molar refractivity (Wildman–Crippen MR) is 103 cm³/mol. The molecule has 5 nitrogen and oxygen atoms in total. The molecule has 0 aromatic rings. The van der Waals surface area contributed by atoms with Crippen molar-refractivity contribution < 1.29 is 18.4 Å². The van der Waals surface area contributed by atoms with Crippen LogP contribution in [0.2, 0.25) is 13.1 Å². The SMILES string of the molecule is C[SiH2]OC(O[SiH2]C)C(C)(C)C(C)[C@@H]1C(=O)N2C(=C(C)C)C(=O)S[C@H]12. The molecule has 2 rings (SSSR count). The van der Waals surface area contributed by atoms with Gasteiger partial charge in [-0.3, -0.25) is 14.5 Å². The van der Waals surface area contributed by atoms with Crippen LogP contribution in [0, 0.1) is 17.3 Å². The molecule has 0 N–H and O–H groups in total. The average Bonchev–Trinajstić information content (AvgIpc) is 2.80. The number of thioether (sulfide) groups is 1. The Labute approximate surface area is 153 Å². The van der Waals surface area contributed by atoms with Crippen LogP contribution in [0.25, 0.3) is 0 Å². The maximum Gasteiger partial charge on any atom is 0.237 e. The molecule has 0 aliphatic carbocycles. The second-order valence-corrected chi connectivity index (χ2v) is 10.1. The second kappa shape index (κ2) is 7.45. The minimum absolute atomic E-state index is 0.0202. The smallest absolute Gasteiger partial charge is 0.237 e. The van der Waals surface area contributed by atoms with Crippen LogP contribution in [0.4, 0.5) is 0 Å². The van der Waals surface area contributed by atoms with Crippen molar-refractivity contribution >= 4 is 42.3 Å². The zero-order chi connectivity index (χ0) is 18.2. The molecule has 2 heterocycles. The van der Waals surface area contributed by atoms with Gasteiger partial charge in [0.25, 0.3) is 0 Å². The quantitative estimate of drug-likeness (QED) is 0.288. The number of rotatable bonds is 7. The summed E-state index contributed by atoms with van der Waals surface area (Å²) in [5, 5.41) is -0.0468. The number of hydrogen-bond donors (Lipinski definition) is 0. The number of allylic oxidation sites excluding steroid dienone is 1. The van der Waals surface area contributed by atoms with Gasteiger partial charge in [0.15, 0.2) is 19.5 Å². The number of amides is 1. The van der Waals surface area contributed by atoms with E-state index in [1.54, 1.807) is 4.90 Å². The third-order valence-corrected chi connectivity index (χ3v) is 7.60. The van der Waals surface area contributed by atoms with Crippen molar-refractivity contribution in [1.29, 1.82) is 0 Å². The van der Waals surface area contributed by atoms with Crippen molar-refractivity contribution in [3.63, 3.8) is 0 Å². The number of β-lactam (4-membered cyclic amide) rings is 1. The largest absolute Gasteiger partial charge is 0.400 e. The summed E-state index contributed by atoms with van der Waals surface area (Å²) in [7, 11) is -1.20. The van der Waals surface area contributed by atoms with Crippen LogP contribution in [-0.2, 0) is 18.4 Å². The Balaban J connectivity index is 2.22. The summed E-state index contributed by atoms with van der Waals surface area (Å²) in [6.07, 6.45) is -0.243. The fourth-order valence-corrected chi connectivity index (χ4v) is 6.77. The predicted octanol–water partition coefficient (Wildman–Crippen LogP) is 1.62. The molecule has 0 saturated carbocycles. The van der Waals surface area contributed by atoms with Gasteiger partial charge in [0, 0.05) is 5.41 Å². The molecular weight excluding hydrogens is 358 g/mol. The normalized spacial score (nSPS) is 27.3. The van der Waals surface area contributed by atoms with Crippen LogP contribution >= 0.6 is 11.8 Å². The van der Waals surface area contributed by atoms with Crippen molar-refractivity contribution in [2.75, 3.05) is 0 Å². The third kappa shape index (κ3) is 3.19. The van der Waals surface area contributed by atoms with Crippen LogP contribution in [0.15, 0.2) is 11.3 Å². The summed E-state index contributed by atoms with van der Waals surface area (Å²) in [6, 6.07) is 0. The van der Waals surface area contributed by atoms with E-state index in [4.69, 9.17) is 8.85 Å². The lowest BCUT2D eigenvalue weighted by Crippen LogP contribution is -2.61. The van der Waals surface area contributed by atoms with Gasteiger partial charge in [-0.05, 0) is 25.3 Å². The zero-order valence-electron chi connectivity index (χ0n) is 15.7. The maximum absolute atomic E-state index is 12.8. The number of carbonyl (C=O) groups is 2. The summed E-state index contributed by atoms with van der Waals surface area (Å²) in [5.41, 5.74) is 1.23. The summed E-state index contributed by atoms with van der Waals surface area (Å²) in [5.74, 6) is -0.0110. The summed E-state index contributed by atoms with van der Waals surface area (Å²) >= 11 is 1.29. The first-order valence-electron chi connectivity index (χ1n) is 8.63. The van der Waals surface area contributed by atoms with Gasteiger partial charge < -0.3 is 8.85 Å². The van der Waals surface area contributed by atoms with E-state index in [1.165, 1.54) is 11.8 Å². The molecule has 3 atom stereocenters. The van der Waals surface area contributed by atoms with Crippen LogP contribution in [0.1, 0.15) is 34.6 Å².